The van der Waals surface area contributed by atoms with Gasteiger partial charge in [0.15, 0.2) is 0 Å². The van der Waals surface area contributed by atoms with E-state index < -0.39 is 34.1 Å². The van der Waals surface area contributed by atoms with Gasteiger partial charge in [0.1, 0.15) is 12.6 Å². The van der Waals surface area contributed by atoms with Gasteiger partial charge >= 0.3 is 0 Å². The molecule has 2 amide bonds. The van der Waals surface area contributed by atoms with Crippen molar-refractivity contribution in [3.8, 4) is 0 Å². The van der Waals surface area contributed by atoms with Crippen LogP contribution in [-0.2, 0) is 26.2 Å². The molecule has 0 aliphatic rings. The normalized spacial score (nSPS) is 12.5. The first kappa shape index (κ1) is 29.9. The summed E-state index contributed by atoms with van der Waals surface area (Å²) in [6, 6.07) is 20.5. The largest absolute Gasteiger partial charge is 0.350 e. The molecule has 1 atom stereocenters. The van der Waals surface area contributed by atoms with Gasteiger partial charge in [-0.25, -0.2) is 8.42 Å². The molecular weight excluding hydrogens is 510 g/mol. The lowest BCUT2D eigenvalue weighted by Gasteiger charge is -2.33. The van der Waals surface area contributed by atoms with Crippen LogP contribution >= 0.6 is 0 Å². The van der Waals surface area contributed by atoms with Crippen LogP contribution in [0.5, 0.6) is 0 Å². The van der Waals surface area contributed by atoms with Crippen LogP contribution in [0.1, 0.15) is 49.9 Å². The van der Waals surface area contributed by atoms with Crippen LogP contribution in [0.4, 0.5) is 5.69 Å². The van der Waals surface area contributed by atoms with Crippen molar-refractivity contribution in [1.29, 1.82) is 0 Å². The predicted molar refractivity (Wildman–Crippen MR) is 156 cm³/mol. The molecular formula is C31H39N3O4S. The van der Waals surface area contributed by atoms with Gasteiger partial charge in [-0.2, -0.15) is 0 Å². The van der Waals surface area contributed by atoms with E-state index in [9.17, 15) is 18.0 Å². The lowest BCUT2D eigenvalue weighted by atomic mass is 10.1. The molecule has 3 rings (SSSR count). The minimum Gasteiger partial charge on any atom is -0.350 e. The molecule has 39 heavy (non-hydrogen) atoms. The molecule has 3 aromatic rings. The minimum absolute atomic E-state index is 0.0905. The molecule has 1 unspecified atom stereocenters. The number of hydrogen-bond acceptors (Lipinski definition) is 4. The third-order valence-electron chi connectivity index (χ3n) is 6.41. The Hall–Kier alpha value is -3.65. The van der Waals surface area contributed by atoms with E-state index in [2.05, 4.69) is 5.32 Å². The number of amides is 2. The number of carbonyl (C=O) groups excluding carboxylic acids is 2. The number of hydrogen-bond donors (Lipinski definition) is 1. The number of benzene rings is 3. The molecule has 7 nitrogen and oxygen atoms in total. The summed E-state index contributed by atoms with van der Waals surface area (Å²) in [4.78, 5) is 28.7. The lowest BCUT2D eigenvalue weighted by Crippen LogP contribution is -2.54. The molecule has 208 valence electrons. The maximum Gasteiger partial charge on any atom is 0.264 e. The molecule has 0 aromatic heterocycles. The molecule has 0 spiro atoms. The minimum atomic E-state index is -4.09. The summed E-state index contributed by atoms with van der Waals surface area (Å²) in [6.45, 7) is 12.6. The van der Waals surface area contributed by atoms with Gasteiger partial charge in [-0.05, 0) is 77.8 Å². The van der Waals surface area contributed by atoms with Crippen LogP contribution in [-0.4, -0.2) is 43.3 Å². The zero-order chi connectivity index (χ0) is 29.0. The van der Waals surface area contributed by atoms with Crippen molar-refractivity contribution in [1.82, 2.24) is 10.2 Å². The van der Waals surface area contributed by atoms with Crippen molar-refractivity contribution < 1.29 is 18.0 Å². The van der Waals surface area contributed by atoms with Crippen LogP contribution in [0.15, 0.2) is 77.7 Å². The third-order valence-corrected chi connectivity index (χ3v) is 8.18. The van der Waals surface area contributed by atoms with Gasteiger partial charge in [0.2, 0.25) is 11.8 Å². The molecule has 0 bridgehead atoms. The highest BCUT2D eigenvalue weighted by atomic mass is 32.2. The maximum atomic E-state index is 14.0. The highest BCUT2D eigenvalue weighted by Gasteiger charge is 2.33. The van der Waals surface area contributed by atoms with Crippen molar-refractivity contribution >= 4 is 27.5 Å². The van der Waals surface area contributed by atoms with Crippen molar-refractivity contribution in [2.45, 2.75) is 71.5 Å². The number of para-hydroxylation sites is 1. The smallest absolute Gasteiger partial charge is 0.264 e. The summed E-state index contributed by atoms with van der Waals surface area (Å²) < 4.78 is 29.0. The number of nitrogens with one attached hydrogen (secondary N) is 1. The van der Waals surface area contributed by atoms with E-state index in [0.29, 0.717) is 11.3 Å². The van der Waals surface area contributed by atoms with Crippen molar-refractivity contribution in [3.05, 3.63) is 95.1 Å². The number of anilines is 1. The molecule has 0 aliphatic heterocycles. The summed E-state index contributed by atoms with van der Waals surface area (Å²) in [6.07, 6.45) is 0. The summed E-state index contributed by atoms with van der Waals surface area (Å²) in [7, 11) is -4.09. The Morgan fingerprint density at radius 3 is 1.92 bits per heavy atom. The van der Waals surface area contributed by atoms with Crippen LogP contribution in [0.25, 0.3) is 0 Å². The second-order valence-corrected chi connectivity index (χ2v) is 12.9. The Kier molecular flexibility index (Phi) is 9.22. The van der Waals surface area contributed by atoms with E-state index >= 15 is 0 Å². The molecule has 0 fully saturated rings. The van der Waals surface area contributed by atoms with Crippen LogP contribution in [0.3, 0.4) is 0 Å². The van der Waals surface area contributed by atoms with Gasteiger partial charge in [-0.3, -0.25) is 13.9 Å². The fraction of sp³-hybridized carbons (Fsp3) is 0.355. The number of sulfonamides is 1. The first-order chi connectivity index (χ1) is 18.2. The summed E-state index contributed by atoms with van der Waals surface area (Å²) in [5.74, 6) is -0.794. The fourth-order valence-corrected chi connectivity index (χ4v) is 5.62. The molecule has 3 aromatic carbocycles. The first-order valence-corrected chi connectivity index (χ1v) is 14.4. The average molecular weight is 550 g/mol. The number of aryl methyl sites for hydroxylation is 3. The van der Waals surface area contributed by atoms with Crippen molar-refractivity contribution in [2.24, 2.45) is 0 Å². The van der Waals surface area contributed by atoms with Gasteiger partial charge in [0.05, 0.1) is 10.6 Å². The Morgan fingerprint density at radius 1 is 0.846 bits per heavy atom. The summed E-state index contributed by atoms with van der Waals surface area (Å²) >= 11 is 0. The topological polar surface area (TPSA) is 86.8 Å². The van der Waals surface area contributed by atoms with Crippen molar-refractivity contribution in [2.75, 3.05) is 10.8 Å². The quantitative estimate of drug-likeness (QED) is 0.401. The molecule has 0 aliphatic carbocycles. The summed E-state index contributed by atoms with van der Waals surface area (Å²) in [5, 5.41) is 2.94. The number of rotatable bonds is 9. The van der Waals surface area contributed by atoms with E-state index in [1.54, 1.807) is 56.3 Å². The van der Waals surface area contributed by atoms with E-state index in [0.717, 1.165) is 21.0 Å². The Labute approximate surface area is 232 Å². The van der Waals surface area contributed by atoms with Crippen LogP contribution in [0, 0.1) is 20.8 Å². The Balaban J connectivity index is 2.04. The second-order valence-electron chi connectivity index (χ2n) is 11.0. The van der Waals surface area contributed by atoms with Gasteiger partial charge in [-0.1, -0.05) is 65.7 Å². The molecule has 8 heteroatoms. The maximum absolute atomic E-state index is 14.0. The van der Waals surface area contributed by atoms with E-state index in [1.807, 2.05) is 65.0 Å². The first-order valence-electron chi connectivity index (χ1n) is 13.0. The Bertz CT molecular complexity index is 1410. The molecule has 0 heterocycles. The zero-order valence-corrected chi connectivity index (χ0v) is 24.7. The number of nitrogens with zero attached hydrogens (tertiary/aromatic N) is 2. The van der Waals surface area contributed by atoms with E-state index in [4.69, 9.17) is 0 Å². The standard InChI is InChI=1S/C31H39N3O4S/c1-22-12-16-26(17-13-22)20-33(25(4)30(36)32-31(5,6)7)29(35)21-34(28-11-9-8-10-24(28)3)39(37,38)27-18-14-23(2)15-19-27/h8-19,25H,20-21H2,1-7H3,(H,32,36). The Morgan fingerprint density at radius 2 is 1.38 bits per heavy atom. The van der Waals surface area contributed by atoms with Gasteiger partial charge in [-0.15, -0.1) is 0 Å². The third kappa shape index (κ3) is 7.69. The molecule has 0 saturated carbocycles. The van der Waals surface area contributed by atoms with Crippen LogP contribution in [0.2, 0.25) is 0 Å². The van der Waals surface area contributed by atoms with E-state index in [1.165, 1.54) is 4.90 Å². The molecule has 0 radical (unpaired) electrons. The predicted octanol–water partition coefficient (Wildman–Crippen LogP) is 5.14. The van der Waals surface area contributed by atoms with Gasteiger partial charge in [0, 0.05) is 12.1 Å². The van der Waals surface area contributed by atoms with Gasteiger partial charge in [0.25, 0.3) is 10.0 Å². The SMILES string of the molecule is Cc1ccc(CN(C(=O)CN(c2ccccc2C)S(=O)(=O)c2ccc(C)cc2)C(C)C(=O)NC(C)(C)C)cc1. The second kappa shape index (κ2) is 12.0. The average Bonchev–Trinajstić information content (AvgIpc) is 2.86. The fourth-order valence-electron chi connectivity index (χ4n) is 4.14. The lowest BCUT2D eigenvalue weighted by molar-refractivity contribution is -0.140. The van der Waals surface area contributed by atoms with E-state index in [-0.39, 0.29) is 17.3 Å². The monoisotopic (exact) mass is 549 g/mol. The van der Waals surface area contributed by atoms with Crippen molar-refractivity contribution in [3.63, 3.8) is 0 Å². The zero-order valence-electron chi connectivity index (χ0n) is 23.9. The van der Waals surface area contributed by atoms with Crippen LogP contribution < -0.4 is 9.62 Å². The highest BCUT2D eigenvalue weighted by molar-refractivity contribution is 7.92. The summed E-state index contributed by atoms with van der Waals surface area (Å²) in [5.41, 5.74) is 3.47. The highest BCUT2D eigenvalue weighted by Crippen LogP contribution is 2.27. The van der Waals surface area contributed by atoms with Gasteiger partial charge < -0.3 is 10.2 Å². The molecule has 1 N–H and O–H groups in total. The number of carbonyl (C=O) groups is 2. The molecule has 0 saturated heterocycles.